The Morgan fingerprint density at radius 3 is 2.50 bits per heavy atom. The van der Waals surface area contributed by atoms with Crippen molar-refractivity contribution in [1.82, 2.24) is 10.2 Å². The molecular weight excluding hydrogens is 417 g/mol. The standard InChI is InChI=1S/C18H31N3O2.HI/c1-4-5-14-22-15-9-12-20-18(19-2)21(3)13-16-23-17-10-7-6-8-11-17;/h6-8,10-11H,4-5,9,12-16H2,1-3H3,(H,19,20);1H. The first-order chi connectivity index (χ1) is 11.3. The molecule has 24 heavy (non-hydrogen) atoms. The number of likely N-dealkylation sites (N-methyl/N-ethyl adjacent to an activating group) is 1. The van der Waals surface area contributed by atoms with Gasteiger partial charge in [-0.25, -0.2) is 0 Å². The van der Waals surface area contributed by atoms with E-state index < -0.39 is 0 Å². The van der Waals surface area contributed by atoms with E-state index in [9.17, 15) is 0 Å². The van der Waals surface area contributed by atoms with Crippen molar-refractivity contribution in [2.75, 3.05) is 47.0 Å². The quantitative estimate of drug-likeness (QED) is 0.244. The summed E-state index contributed by atoms with van der Waals surface area (Å²) in [6.07, 6.45) is 3.30. The molecule has 0 atom stereocenters. The zero-order chi connectivity index (χ0) is 16.8. The summed E-state index contributed by atoms with van der Waals surface area (Å²) in [6, 6.07) is 9.86. The first-order valence-electron chi connectivity index (χ1n) is 8.45. The SMILES string of the molecule is CCCCOCCCNC(=NC)N(C)CCOc1ccccc1.I. The van der Waals surface area contributed by atoms with Gasteiger partial charge in [-0.1, -0.05) is 31.5 Å². The predicted molar refractivity (Wildman–Crippen MR) is 112 cm³/mol. The van der Waals surface area contributed by atoms with Crippen LogP contribution in [0.25, 0.3) is 0 Å². The van der Waals surface area contributed by atoms with Crippen LogP contribution in [0, 0.1) is 0 Å². The van der Waals surface area contributed by atoms with E-state index in [4.69, 9.17) is 9.47 Å². The second-order valence-corrected chi connectivity index (χ2v) is 5.38. The van der Waals surface area contributed by atoms with E-state index in [1.165, 1.54) is 6.42 Å². The van der Waals surface area contributed by atoms with Crippen molar-refractivity contribution in [3.63, 3.8) is 0 Å². The number of para-hydroxylation sites is 1. The normalized spacial score (nSPS) is 10.9. The fraction of sp³-hybridized carbons (Fsp3) is 0.611. The molecule has 5 nitrogen and oxygen atoms in total. The van der Waals surface area contributed by atoms with Gasteiger partial charge >= 0.3 is 0 Å². The predicted octanol–water partition coefficient (Wildman–Crippen LogP) is 3.40. The smallest absolute Gasteiger partial charge is 0.193 e. The van der Waals surface area contributed by atoms with Gasteiger partial charge in [-0.3, -0.25) is 4.99 Å². The van der Waals surface area contributed by atoms with Crippen LogP contribution in [0.5, 0.6) is 5.75 Å². The van der Waals surface area contributed by atoms with E-state index >= 15 is 0 Å². The van der Waals surface area contributed by atoms with Gasteiger partial charge in [0.2, 0.25) is 0 Å². The highest BCUT2D eigenvalue weighted by Crippen LogP contribution is 2.07. The Morgan fingerprint density at radius 1 is 1.12 bits per heavy atom. The molecule has 0 unspecified atom stereocenters. The van der Waals surface area contributed by atoms with E-state index in [0.717, 1.165) is 50.9 Å². The topological polar surface area (TPSA) is 46.1 Å². The molecule has 138 valence electrons. The summed E-state index contributed by atoms with van der Waals surface area (Å²) in [6.45, 7) is 6.10. The number of halogens is 1. The van der Waals surface area contributed by atoms with Crippen LogP contribution in [0.1, 0.15) is 26.2 Å². The van der Waals surface area contributed by atoms with Crippen LogP contribution in [0.4, 0.5) is 0 Å². The maximum Gasteiger partial charge on any atom is 0.193 e. The molecule has 1 N–H and O–H groups in total. The summed E-state index contributed by atoms with van der Waals surface area (Å²) in [5, 5.41) is 3.35. The summed E-state index contributed by atoms with van der Waals surface area (Å²) < 4.78 is 11.3. The molecule has 1 aromatic rings. The molecule has 1 aromatic carbocycles. The van der Waals surface area contributed by atoms with Crippen molar-refractivity contribution in [3.8, 4) is 5.75 Å². The van der Waals surface area contributed by atoms with Crippen molar-refractivity contribution in [1.29, 1.82) is 0 Å². The fourth-order valence-electron chi connectivity index (χ4n) is 2.03. The minimum Gasteiger partial charge on any atom is -0.492 e. The van der Waals surface area contributed by atoms with Gasteiger partial charge in [0.25, 0.3) is 0 Å². The highest BCUT2D eigenvalue weighted by Gasteiger charge is 2.05. The number of hydrogen-bond acceptors (Lipinski definition) is 3. The Bertz CT molecular complexity index is 430. The maximum atomic E-state index is 5.71. The number of nitrogens with zero attached hydrogens (tertiary/aromatic N) is 2. The van der Waals surface area contributed by atoms with Gasteiger partial charge in [-0.05, 0) is 25.0 Å². The molecule has 0 bridgehead atoms. The zero-order valence-electron chi connectivity index (χ0n) is 15.2. The first-order valence-corrected chi connectivity index (χ1v) is 8.45. The van der Waals surface area contributed by atoms with Crippen LogP contribution in [-0.4, -0.2) is 57.9 Å². The largest absolute Gasteiger partial charge is 0.492 e. The highest BCUT2D eigenvalue weighted by molar-refractivity contribution is 14.0. The number of nitrogens with one attached hydrogen (secondary N) is 1. The van der Waals surface area contributed by atoms with Crippen LogP contribution in [0.15, 0.2) is 35.3 Å². The van der Waals surface area contributed by atoms with Crippen molar-refractivity contribution >= 4 is 29.9 Å². The minimum atomic E-state index is 0. The lowest BCUT2D eigenvalue weighted by Gasteiger charge is -2.22. The lowest BCUT2D eigenvalue weighted by atomic mass is 10.3. The second-order valence-electron chi connectivity index (χ2n) is 5.38. The van der Waals surface area contributed by atoms with Gasteiger partial charge in [0, 0.05) is 33.9 Å². The number of unbranched alkanes of at least 4 members (excludes halogenated alkanes) is 1. The van der Waals surface area contributed by atoms with Gasteiger partial charge in [0.15, 0.2) is 5.96 Å². The van der Waals surface area contributed by atoms with Crippen LogP contribution in [0.3, 0.4) is 0 Å². The summed E-state index contributed by atoms with van der Waals surface area (Å²) in [5.41, 5.74) is 0. The van der Waals surface area contributed by atoms with E-state index in [0.29, 0.717) is 6.61 Å². The Balaban J connectivity index is 0.00000529. The molecule has 1 rings (SSSR count). The molecule has 0 amide bonds. The Labute approximate surface area is 163 Å². The number of rotatable bonds is 11. The molecule has 0 saturated carbocycles. The molecule has 0 heterocycles. The lowest BCUT2D eigenvalue weighted by molar-refractivity contribution is 0.129. The molecule has 0 fully saturated rings. The van der Waals surface area contributed by atoms with Gasteiger partial charge in [0.1, 0.15) is 12.4 Å². The Morgan fingerprint density at radius 2 is 1.83 bits per heavy atom. The van der Waals surface area contributed by atoms with Crippen LogP contribution in [-0.2, 0) is 4.74 Å². The summed E-state index contributed by atoms with van der Waals surface area (Å²) in [7, 11) is 3.82. The molecular formula is C18H32IN3O2. The molecule has 0 radical (unpaired) electrons. The molecule has 0 spiro atoms. The Kier molecular flexibility index (Phi) is 14.8. The number of ether oxygens (including phenoxy) is 2. The second kappa shape index (κ2) is 15.5. The van der Waals surface area contributed by atoms with E-state index in [2.05, 4.69) is 22.1 Å². The van der Waals surface area contributed by atoms with Crippen LogP contribution < -0.4 is 10.1 Å². The third-order valence-corrected chi connectivity index (χ3v) is 3.40. The summed E-state index contributed by atoms with van der Waals surface area (Å²) >= 11 is 0. The highest BCUT2D eigenvalue weighted by atomic mass is 127. The van der Waals surface area contributed by atoms with Crippen molar-refractivity contribution in [2.45, 2.75) is 26.2 Å². The van der Waals surface area contributed by atoms with E-state index in [-0.39, 0.29) is 24.0 Å². The minimum absolute atomic E-state index is 0. The van der Waals surface area contributed by atoms with Gasteiger partial charge in [-0.15, -0.1) is 24.0 Å². The van der Waals surface area contributed by atoms with Crippen LogP contribution in [0.2, 0.25) is 0 Å². The van der Waals surface area contributed by atoms with E-state index in [1.54, 1.807) is 7.05 Å². The number of hydrogen-bond donors (Lipinski definition) is 1. The molecule has 6 heteroatoms. The van der Waals surface area contributed by atoms with Crippen molar-refractivity contribution in [3.05, 3.63) is 30.3 Å². The summed E-state index contributed by atoms with van der Waals surface area (Å²) in [4.78, 5) is 6.37. The maximum absolute atomic E-state index is 5.71. The average molecular weight is 449 g/mol. The lowest BCUT2D eigenvalue weighted by Crippen LogP contribution is -2.41. The van der Waals surface area contributed by atoms with Crippen molar-refractivity contribution < 1.29 is 9.47 Å². The first kappa shape index (κ1) is 23.0. The Hall–Kier alpha value is -1.02. The average Bonchev–Trinajstić information content (AvgIpc) is 2.58. The number of aliphatic imine (C=N–C) groups is 1. The summed E-state index contributed by atoms with van der Waals surface area (Å²) in [5.74, 6) is 1.78. The third-order valence-electron chi connectivity index (χ3n) is 3.40. The van der Waals surface area contributed by atoms with Crippen molar-refractivity contribution in [2.24, 2.45) is 4.99 Å². The zero-order valence-corrected chi connectivity index (χ0v) is 17.5. The van der Waals surface area contributed by atoms with Gasteiger partial charge in [-0.2, -0.15) is 0 Å². The third kappa shape index (κ3) is 10.7. The monoisotopic (exact) mass is 449 g/mol. The molecule has 0 aromatic heterocycles. The molecule has 0 saturated heterocycles. The van der Waals surface area contributed by atoms with Gasteiger partial charge in [0.05, 0.1) is 6.54 Å². The number of guanidine groups is 1. The fourth-order valence-corrected chi connectivity index (χ4v) is 2.03. The number of benzene rings is 1. The molecule has 0 aliphatic heterocycles. The van der Waals surface area contributed by atoms with Crippen LogP contribution >= 0.6 is 24.0 Å². The van der Waals surface area contributed by atoms with Gasteiger partial charge < -0.3 is 19.7 Å². The molecule has 0 aliphatic rings. The molecule has 0 aliphatic carbocycles. The van der Waals surface area contributed by atoms with E-state index in [1.807, 2.05) is 37.4 Å².